The Balaban J connectivity index is 1.60. The van der Waals surface area contributed by atoms with Gasteiger partial charge in [-0.1, -0.05) is 59.6 Å². The number of hydrogen-bond donors (Lipinski definition) is 0. The SMILES string of the molecule is CCCCCOc1ccc(/C=N/n2c(C)nnc2SCc2ccc(Br)cc2)cc1. The maximum absolute atomic E-state index is 5.76. The summed E-state index contributed by atoms with van der Waals surface area (Å²) in [7, 11) is 0. The third kappa shape index (κ3) is 6.72. The number of rotatable bonds is 10. The van der Waals surface area contributed by atoms with E-state index < -0.39 is 0 Å². The number of benzene rings is 2. The average Bonchev–Trinajstić information content (AvgIpc) is 3.09. The molecule has 0 spiro atoms. The highest BCUT2D eigenvalue weighted by molar-refractivity contribution is 9.10. The standard InChI is InChI=1S/C22H25BrN4OS/c1-3-4-5-14-28-21-12-8-18(9-13-21)15-24-27-17(2)25-26-22(27)29-16-19-6-10-20(23)11-7-19/h6-13,15H,3-5,14,16H2,1-2H3/b24-15+. The molecule has 0 aliphatic heterocycles. The number of nitrogens with zero attached hydrogens (tertiary/aromatic N) is 4. The van der Waals surface area contributed by atoms with Crippen LogP contribution in [0.2, 0.25) is 0 Å². The molecule has 0 unspecified atom stereocenters. The van der Waals surface area contributed by atoms with Crippen molar-refractivity contribution in [2.24, 2.45) is 5.10 Å². The molecule has 0 atom stereocenters. The van der Waals surface area contributed by atoms with E-state index in [1.165, 1.54) is 18.4 Å². The minimum absolute atomic E-state index is 0.760. The lowest BCUT2D eigenvalue weighted by Gasteiger charge is -2.06. The van der Waals surface area contributed by atoms with Crippen molar-refractivity contribution < 1.29 is 4.74 Å². The van der Waals surface area contributed by atoms with Crippen molar-refractivity contribution in [1.29, 1.82) is 0 Å². The fraction of sp³-hybridized carbons (Fsp3) is 0.318. The van der Waals surface area contributed by atoms with Gasteiger partial charge >= 0.3 is 0 Å². The van der Waals surface area contributed by atoms with Crippen molar-refractivity contribution in [2.45, 2.75) is 44.0 Å². The molecular formula is C22H25BrN4OS. The Morgan fingerprint density at radius 3 is 2.55 bits per heavy atom. The highest BCUT2D eigenvalue weighted by atomic mass is 79.9. The topological polar surface area (TPSA) is 52.3 Å². The third-order valence-corrected chi connectivity index (χ3v) is 5.79. The molecular weight excluding hydrogens is 448 g/mol. The molecule has 0 N–H and O–H groups in total. The van der Waals surface area contributed by atoms with Crippen LogP contribution in [0, 0.1) is 6.92 Å². The van der Waals surface area contributed by atoms with Gasteiger partial charge < -0.3 is 4.74 Å². The van der Waals surface area contributed by atoms with Gasteiger partial charge in [0.2, 0.25) is 5.16 Å². The molecule has 0 radical (unpaired) electrons. The van der Waals surface area contributed by atoms with Gasteiger partial charge in [-0.15, -0.1) is 10.2 Å². The second kappa shape index (κ2) is 11.2. The fourth-order valence-corrected chi connectivity index (χ4v) is 3.76. The van der Waals surface area contributed by atoms with E-state index in [4.69, 9.17) is 4.74 Å². The van der Waals surface area contributed by atoms with Gasteiger partial charge in [-0.2, -0.15) is 9.78 Å². The van der Waals surface area contributed by atoms with Crippen molar-refractivity contribution >= 4 is 33.9 Å². The molecule has 3 rings (SSSR count). The summed E-state index contributed by atoms with van der Waals surface area (Å²) in [6.07, 6.45) is 5.31. The van der Waals surface area contributed by atoms with Gasteiger partial charge in [0.25, 0.3) is 0 Å². The Kier molecular flexibility index (Phi) is 8.31. The first-order valence-electron chi connectivity index (χ1n) is 9.72. The Morgan fingerprint density at radius 2 is 1.83 bits per heavy atom. The Morgan fingerprint density at radius 1 is 1.07 bits per heavy atom. The molecule has 29 heavy (non-hydrogen) atoms. The molecule has 3 aromatic rings. The van der Waals surface area contributed by atoms with E-state index in [2.05, 4.69) is 50.3 Å². The first kappa shape index (κ1) is 21.6. The normalized spacial score (nSPS) is 11.3. The number of halogens is 1. The van der Waals surface area contributed by atoms with Crippen LogP contribution in [-0.4, -0.2) is 27.7 Å². The van der Waals surface area contributed by atoms with E-state index in [0.29, 0.717) is 0 Å². The predicted octanol–water partition coefficient (Wildman–Crippen LogP) is 6.09. The highest BCUT2D eigenvalue weighted by Gasteiger charge is 2.09. The number of aryl methyl sites for hydroxylation is 1. The van der Waals surface area contributed by atoms with Crippen LogP contribution in [0.15, 0.2) is 63.3 Å². The van der Waals surface area contributed by atoms with E-state index in [1.807, 2.05) is 49.5 Å². The Hall–Kier alpha value is -2.12. The van der Waals surface area contributed by atoms with Gasteiger partial charge in [-0.05, 0) is 60.9 Å². The third-order valence-electron chi connectivity index (χ3n) is 4.27. The number of hydrogen-bond acceptors (Lipinski definition) is 5. The van der Waals surface area contributed by atoms with Crippen LogP contribution in [0.25, 0.3) is 0 Å². The maximum Gasteiger partial charge on any atom is 0.212 e. The van der Waals surface area contributed by atoms with Crippen molar-refractivity contribution in [3.05, 3.63) is 70.0 Å². The summed E-state index contributed by atoms with van der Waals surface area (Å²) in [5.41, 5.74) is 2.23. The van der Waals surface area contributed by atoms with Gasteiger partial charge in [0.05, 0.1) is 12.8 Å². The largest absolute Gasteiger partial charge is 0.494 e. The lowest BCUT2D eigenvalue weighted by molar-refractivity contribution is 0.306. The molecule has 152 valence electrons. The van der Waals surface area contributed by atoms with Gasteiger partial charge in [0.15, 0.2) is 5.82 Å². The number of aromatic nitrogens is 3. The minimum atomic E-state index is 0.760. The van der Waals surface area contributed by atoms with Crippen molar-refractivity contribution in [3.63, 3.8) is 0 Å². The first-order valence-corrected chi connectivity index (χ1v) is 11.5. The van der Waals surface area contributed by atoms with Crippen molar-refractivity contribution in [1.82, 2.24) is 14.9 Å². The minimum Gasteiger partial charge on any atom is -0.494 e. The maximum atomic E-state index is 5.76. The molecule has 0 fully saturated rings. The monoisotopic (exact) mass is 472 g/mol. The van der Waals surface area contributed by atoms with Gasteiger partial charge in [0.1, 0.15) is 5.75 Å². The molecule has 0 saturated carbocycles. The molecule has 1 aromatic heterocycles. The van der Waals surface area contributed by atoms with Crippen LogP contribution < -0.4 is 4.74 Å². The fourth-order valence-electron chi connectivity index (χ4n) is 2.61. The molecule has 0 aliphatic rings. The molecule has 0 amide bonds. The molecule has 7 heteroatoms. The molecule has 0 bridgehead atoms. The quantitative estimate of drug-likeness (QED) is 0.203. The summed E-state index contributed by atoms with van der Waals surface area (Å²) in [5, 5.41) is 13.8. The molecule has 2 aromatic carbocycles. The van der Waals surface area contributed by atoms with E-state index in [9.17, 15) is 0 Å². The predicted molar refractivity (Wildman–Crippen MR) is 123 cm³/mol. The van der Waals surface area contributed by atoms with E-state index in [1.54, 1.807) is 16.4 Å². The Labute approximate surface area is 184 Å². The second-order valence-corrected chi connectivity index (χ2v) is 8.48. The van der Waals surface area contributed by atoms with Crippen LogP contribution in [0.5, 0.6) is 5.75 Å². The van der Waals surface area contributed by atoms with E-state index in [0.717, 1.165) is 45.5 Å². The van der Waals surface area contributed by atoms with Crippen molar-refractivity contribution in [2.75, 3.05) is 6.61 Å². The van der Waals surface area contributed by atoms with E-state index >= 15 is 0 Å². The van der Waals surface area contributed by atoms with Crippen LogP contribution in [0.4, 0.5) is 0 Å². The summed E-state index contributed by atoms with van der Waals surface area (Å²) in [4.78, 5) is 0. The van der Waals surface area contributed by atoms with Gasteiger partial charge in [-0.25, -0.2) is 0 Å². The zero-order chi connectivity index (χ0) is 20.5. The van der Waals surface area contributed by atoms with Crippen LogP contribution in [0.1, 0.15) is 43.1 Å². The zero-order valence-corrected chi connectivity index (χ0v) is 19.1. The second-order valence-electron chi connectivity index (χ2n) is 6.63. The highest BCUT2D eigenvalue weighted by Crippen LogP contribution is 2.23. The summed E-state index contributed by atoms with van der Waals surface area (Å²) < 4.78 is 8.61. The summed E-state index contributed by atoms with van der Waals surface area (Å²) in [5.74, 6) is 2.46. The van der Waals surface area contributed by atoms with Crippen LogP contribution in [-0.2, 0) is 5.75 Å². The number of unbranched alkanes of at least 4 members (excludes halogenated alkanes) is 2. The number of ether oxygens (including phenoxy) is 1. The number of thioether (sulfide) groups is 1. The average molecular weight is 473 g/mol. The summed E-state index contributed by atoms with van der Waals surface area (Å²) in [6.45, 7) is 4.86. The lowest BCUT2D eigenvalue weighted by Crippen LogP contribution is -1.98. The first-order chi connectivity index (χ1) is 14.2. The molecule has 5 nitrogen and oxygen atoms in total. The molecule has 0 saturated heterocycles. The van der Waals surface area contributed by atoms with Crippen LogP contribution in [0.3, 0.4) is 0 Å². The summed E-state index contributed by atoms with van der Waals surface area (Å²) in [6, 6.07) is 16.3. The molecule has 0 aliphatic carbocycles. The van der Waals surface area contributed by atoms with Gasteiger partial charge in [0, 0.05) is 10.2 Å². The van der Waals surface area contributed by atoms with Crippen molar-refractivity contribution in [3.8, 4) is 5.75 Å². The summed E-state index contributed by atoms with van der Waals surface area (Å²) >= 11 is 5.08. The molecule has 1 heterocycles. The lowest BCUT2D eigenvalue weighted by atomic mass is 10.2. The zero-order valence-electron chi connectivity index (χ0n) is 16.7. The smallest absolute Gasteiger partial charge is 0.212 e. The van der Waals surface area contributed by atoms with Gasteiger partial charge in [-0.3, -0.25) is 0 Å². The Bertz CT molecular complexity index is 923. The van der Waals surface area contributed by atoms with Crippen LogP contribution >= 0.6 is 27.7 Å². The van der Waals surface area contributed by atoms with E-state index in [-0.39, 0.29) is 0 Å².